The van der Waals surface area contributed by atoms with Gasteiger partial charge in [0.25, 0.3) is 0 Å². The van der Waals surface area contributed by atoms with Crippen LogP contribution < -0.4 is 0 Å². The minimum atomic E-state index is 0.226. The number of rotatable bonds is 3. The predicted molar refractivity (Wildman–Crippen MR) is 96.3 cm³/mol. The zero-order valence-corrected chi connectivity index (χ0v) is 14.8. The van der Waals surface area contributed by atoms with Crippen LogP contribution in [0.2, 0.25) is 0 Å². The maximum atomic E-state index is 8.79. The molecule has 1 aromatic rings. The number of aliphatic hydroxyl groups is 1. The molecule has 0 aliphatic carbocycles. The summed E-state index contributed by atoms with van der Waals surface area (Å²) >= 11 is 0. The molecule has 0 amide bonds. The number of nitrogens with zero attached hydrogens (tertiary/aromatic N) is 1. The number of aliphatic hydroxyl groups excluding tert-OH is 1. The molecule has 1 atom stereocenters. The van der Waals surface area contributed by atoms with Gasteiger partial charge in [0.05, 0.1) is 0 Å². The standard InChI is InChI=1S/C9H12O.C7H13N.C4H10/c1-8(7-10)9-5-3-2-4-6-9;1-4-8-5-2-7(1)3-6-8;1-3-4-2/h2-6,8,10H,7H2,1H3;7H,1-6H2;3-4H2,1-2H3. The topological polar surface area (TPSA) is 23.5 Å². The maximum Gasteiger partial charge on any atom is 0.0497 e. The summed E-state index contributed by atoms with van der Waals surface area (Å²) in [4.78, 5) is 2.58. The van der Waals surface area contributed by atoms with Crippen molar-refractivity contribution < 1.29 is 5.11 Å². The minimum Gasteiger partial charge on any atom is -0.396 e. The van der Waals surface area contributed by atoms with E-state index in [4.69, 9.17) is 5.11 Å². The van der Waals surface area contributed by atoms with Gasteiger partial charge >= 0.3 is 0 Å². The Morgan fingerprint density at radius 2 is 1.50 bits per heavy atom. The zero-order valence-electron chi connectivity index (χ0n) is 14.8. The van der Waals surface area contributed by atoms with E-state index in [0.717, 1.165) is 5.92 Å². The fourth-order valence-electron chi connectivity index (χ4n) is 2.75. The van der Waals surface area contributed by atoms with Gasteiger partial charge in [-0.25, -0.2) is 0 Å². The molecule has 126 valence electrons. The number of hydrogen-bond acceptors (Lipinski definition) is 2. The van der Waals surface area contributed by atoms with Crippen LogP contribution in [0.3, 0.4) is 0 Å². The third kappa shape index (κ3) is 7.42. The molecule has 1 unspecified atom stereocenters. The number of unbranched alkanes of at least 4 members (excludes halogenated alkanes) is 1. The second-order valence-electron chi connectivity index (χ2n) is 6.57. The molecule has 2 nitrogen and oxygen atoms in total. The fourth-order valence-corrected chi connectivity index (χ4v) is 2.75. The van der Waals surface area contributed by atoms with E-state index in [0.29, 0.717) is 0 Å². The summed E-state index contributed by atoms with van der Waals surface area (Å²) in [7, 11) is 0. The molecule has 1 aromatic carbocycles. The van der Waals surface area contributed by atoms with E-state index in [-0.39, 0.29) is 12.5 Å². The van der Waals surface area contributed by atoms with Crippen molar-refractivity contribution in [3.8, 4) is 0 Å². The van der Waals surface area contributed by atoms with Crippen LogP contribution in [0.25, 0.3) is 0 Å². The van der Waals surface area contributed by atoms with Crippen LogP contribution in [0.1, 0.15) is 64.4 Å². The molecule has 3 saturated heterocycles. The monoisotopic (exact) mass is 305 g/mol. The van der Waals surface area contributed by atoms with E-state index < -0.39 is 0 Å². The van der Waals surface area contributed by atoms with Crippen LogP contribution in [0, 0.1) is 5.92 Å². The Labute approximate surface area is 137 Å². The molecule has 0 aromatic heterocycles. The van der Waals surface area contributed by atoms with Crippen LogP contribution in [0.15, 0.2) is 30.3 Å². The molecule has 2 heteroatoms. The Bertz CT molecular complexity index is 332. The van der Waals surface area contributed by atoms with Gasteiger partial charge in [0.1, 0.15) is 0 Å². The van der Waals surface area contributed by atoms with Crippen LogP contribution in [-0.2, 0) is 0 Å². The summed E-state index contributed by atoms with van der Waals surface area (Å²) in [6, 6.07) is 10.0. The van der Waals surface area contributed by atoms with Crippen molar-refractivity contribution in [3.05, 3.63) is 35.9 Å². The first-order valence-corrected chi connectivity index (χ1v) is 9.09. The number of fused-ring (bicyclic) bond motifs is 3. The molecule has 2 bridgehead atoms. The van der Waals surface area contributed by atoms with Crippen LogP contribution in [0.4, 0.5) is 0 Å². The Balaban J connectivity index is 0.000000181. The second-order valence-corrected chi connectivity index (χ2v) is 6.57. The SMILES string of the molecule is C1CN2CCC1CC2.CC(CO)c1ccccc1.CCCC. The lowest BCUT2D eigenvalue weighted by molar-refractivity contribution is 0.111. The zero-order chi connectivity index (χ0) is 16.2. The largest absolute Gasteiger partial charge is 0.396 e. The molecule has 3 aliphatic heterocycles. The summed E-state index contributed by atoms with van der Waals surface area (Å²) in [5, 5.41) is 8.79. The van der Waals surface area contributed by atoms with E-state index in [1.807, 2.05) is 37.3 Å². The second kappa shape index (κ2) is 11.7. The number of piperidine rings is 3. The molecule has 3 heterocycles. The predicted octanol–water partition coefficient (Wildman–Crippen LogP) is 4.69. The molecule has 0 saturated carbocycles. The van der Waals surface area contributed by atoms with Crippen molar-refractivity contribution in [1.82, 2.24) is 4.90 Å². The lowest BCUT2D eigenvalue weighted by Gasteiger charge is -2.38. The van der Waals surface area contributed by atoms with Crippen molar-refractivity contribution >= 4 is 0 Å². The molecule has 22 heavy (non-hydrogen) atoms. The molecule has 0 radical (unpaired) electrons. The van der Waals surface area contributed by atoms with Gasteiger partial charge in [-0.15, -0.1) is 0 Å². The van der Waals surface area contributed by atoms with Crippen LogP contribution >= 0.6 is 0 Å². The van der Waals surface area contributed by atoms with E-state index in [2.05, 4.69) is 18.7 Å². The molecule has 3 fully saturated rings. The average molecular weight is 306 g/mol. The number of hydrogen-bond donors (Lipinski definition) is 1. The highest BCUT2D eigenvalue weighted by molar-refractivity contribution is 5.18. The minimum absolute atomic E-state index is 0.226. The van der Waals surface area contributed by atoms with Gasteiger partial charge in [0.15, 0.2) is 0 Å². The van der Waals surface area contributed by atoms with Gasteiger partial charge in [0, 0.05) is 12.5 Å². The van der Waals surface area contributed by atoms with Gasteiger partial charge in [-0.1, -0.05) is 63.9 Å². The molecular formula is C20H35NO. The van der Waals surface area contributed by atoms with Gasteiger partial charge in [-0.05, 0) is 50.4 Å². The molecular weight excluding hydrogens is 270 g/mol. The maximum absolute atomic E-state index is 8.79. The lowest BCUT2D eigenvalue weighted by atomic mass is 9.89. The summed E-state index contributed by atoms with van der Waals surface area (Å²) in [6.45, 7) is 10.8. The van der Waals surface area contributed by atoms with Crippen LogP contribution in [-0.4, -0.2) is 36.2 Å². The summed E-state index contributed by atoms with van der Waals surface area (Å²) in [5.74, 6) is 1.38. The Hall–Kier alpha value is -0.860. The first-order valence-electron chi connectivity index (χ1n) is 9.09. The fraction of sp³-hybridized carbons (Fsp3) is 0.700. The van der Waals surface area contributed by atoms with E-state index in [9.17, 15) is 0 Å². The van der Waals surface area contributed by atoms with Gasteiger partial charge < -0.3 is 10.0 Å². The van der Waals surface area contributed by atoms with Crippen molar-refractivity contribution in [3.63, 3.8) is 0 Å². The van der Waals surface area contributed by atoms with Crippen molar-refractivity contribution in [2.75, 3.05) is 26.2 Å². The summed E-state index contributed by atoms with van der Waals surface area (Å²) in [5.41, 5.74) is 1.20. The van der Waals surface area contributed by atoms with E-state index >= 15 is 0 Å². The van der Waals surface area contributed by atoms with Gasteiger partial charge in [0.2, 0.25) is 0 Å². The highest BCUT2D eigenvalue weighted by Crippen LogP contribution is 2.26. The highest BCUT2D eigenvalue weighted by Gasteiger charge is 2.24. The van der Waals surface area contributed by atoms with Gasteiger partial charge in [-0.2, -0.15) is 0 Å². The third-order valence-corrected chi connectivity index (χ3v) is 4.70. The number of benzene rings is 1. The molecule has 3 aliphatic rings. The quantitative estimate of drug-likeness (QED) is 0.875. The van der Waals surface area contributed by atoms with Crippen molar-refractivity contribution in [2.45, 2.75) is 58.8 Å². The highest BCUT2D eigenvalue weighted by atomic mass is 16.3. The Morgan fingerprint density at radius 1 is 1.00 bits per heavy atom. The Morgan fingerprint density at radius 3 is 1.77 bits per heavy atom. The van der Waals surface area contributed by atoms with Crippen molar-refractivity contribution in [2.24, 2.45) is 5.92 Å². The third-order valence-electron chi connectivity index (χ3n) is 4.70. The first kappa shape index (κ1) is 19.2. The molecule has 1 N–H and O–H groups in total. The average Bonchev–Trinajstić information content (AvgIpc) is 2.64. The molecule has 0 spiro atoms. The summed E-state index contributed by atoms with van der Waals surface area (Å²) in [6.07, 6.45) is 7.10. The van der Waals surface area contributed by atoms with E-state index in [1.54, 1.807) is 0 Å². The Kier molecular flexibility index (Phi) is 10.2. The first-order chi connectivity index (χ1) is 10.7. The van der Waals surface area contributed by atoms with Gasteiger partial charge in [-0.3, -0.25) is 0 Å². The lowest BCUT2D eigenvalue weighted by Crippen LogP contribution is -2.41. The van der Waals surface area contributed by atoms with E-state index in [1.165, 1.54) is 57.3 Å². The normalized spacial score (nSPS) is 23.6. The molecule has 4 rings (SSSR count). The smallest absolute Gasteiger partial charge is 0.0497 e. The van der Waals surface area contributed by atoms with Crippen LogP contribution in [0.5, 0.6) is 0 Å². The van der Waals surface area contributed by atoms with Crippen molar-refractivity contribution in [1.29, 1.82) is 0 Å². The summed E-state index contributed by atoms with van der Waals surface area (Å²) < 4.78 is 0.